The number of pyridine rings is 1. The van der Waals surface area contributed by atoms with Gasteiger partial charge in [-0.15, -0.1) is 11.3 Å². The molecule has 0 radical (unpaired) electrons. The summed E-state index contributed by atoms with van der Waals surface area (Å²) in [6.07, 6.45) is 3.44. The number of hydrogen-bond donors (Lipinski definition) is 1. The lowest BCUT2D eigenvalue weighted by atomic mass is 10.1. The van der Waals surface area contributed by atoms with Crippen molar-refractivity contribution in [2.45, 2.75) is 6.54 Å². The predicted octanol–water partition coefficient (Wildman–Crippen LogP) is 3.90. The molecule has 2 heterocycles. The lowest BCUT2D eigenvalue weighted by molar-refractivity contribution is 0.0955. The van der Waals surface area contributed by atoms with E-state index in [0.29, 0.717) is 21.0 Å². The summed E-state index contributed by atoms with van der Waals surface area (Å²) in [7, 11) is 0. The maximum atomic E-state index is 12.4. The summed E-state index contributed by atoms with van der Waals surface area (Å²) in [6.45, 7) is 0.441. The van der Waals surface area contributed by atoms with Crippen molar-refractivity contribution in [1.82, 2.24) is 15.3 Å². The van der Waals surface area contributed by atoms with Gasteiger partial charge in [-0.05, 0) is 27.6 Å². The maximum Gasteiger partial charge on any atom is 0.263 e. The van der Waals surface area contributed by atoms with Crippen LogP contribution in [-0.2, 0) is 6.54 Å². The Morgan fingerprint density at radius 3 is 2.73 bits per heavy atom. The Morgan fingerprint density at radius 2 is 2.00 bits per heavy atom. The summed E-state index contributed by atoms with van der Waals surface area (Å²) in [5, 5.41) is 2.91. The van der Waals surface area contributed by atoms with Gasteiger partial charge in [0.25, 0.3) is 5.91 Å². The fourth-order valence-electron chi connectivity index (χ4n) is 2.00. The Bertz CT molecular complexity index is 775. The summed E-state index contributed by atoms with van der Waals surface area (Å²) in [5.41, 5.74) is 2.58. The molecule has 0 saturated heterocycles. The van der Waals surface area contributed by atoms with Gasteiger partial charge in [-0.25, -0.2) is 4.98 Å². The molecule has 0 aliphatic carbocycles. The highest BCUT2D eigenvalue weighted by Gasteiger charge is 2.18. The summed E-state index contributed by atoms with van der Waals surface area (Å²) in [5.74, 6) is -0.133. The topological polar surface area (TPSA) is 54.9 Å². The minimum Gasteiger partial charge on any atom is -0.347 e. The molecule has 0 fully saturated rings. The second-order valence-electron chi connectivity index (χ2n) is 4.55. The predicted molar refractivity (Wildman–Crippen MR) is 90.7 cm³/mol. The van der Waals surface area contributed by atoms with Crippen molar-refractivity contribution in [2.24, 2.45) is 0 Å². The monoisotopic (exact) mass is 373 g/mol. The third-order valence-corrected chi connectivity index (χ3v) is 4.54. The van der Waals surface area contributed by atoms with E-state index in [1.165, 1.54) is 11.3 Å². The molecule has 1 amide bonds. The van der Waals surface area contributed by atoms with Crippen molar-refractivity contribution in [3.63, 3.8) is 0 Å². The van der Waals surface area contributed by atoms with Gasteiger partial charge < -0.3 is 5.32 Å². The fraction of sp³-hybridized carbons (Fsp3) is 0.0625. The molecule has 0 spiro atoms. The van der Waals surface area contributed by atoms with Crippen LogP contribution < -0.4 is 5.32 Å². The van der Waals surface area contributed by atoms with E-state index in [0.717, 1.165) is 11.1 Å². The molecule has 0 aliphatic heterocycles. The minimum absolute atomic E-state index is 0.133. The number of aromatic nitrogens is 2. The van der Waals surface area contributed by atoms with Crippen molar-refractivity contribution in [1.29, 1.82) is 0 Å². The van der Waals surface area contributed by atoms with E-state index in [1.807, 2.05) is 42.5 Å². The summed E-state index contributed by atoms with van der Waals surface area (Å²) in [6, 6.07) is 13.5. The quantitative estimate of drug-likeness (QED) is 0.754. The van der Waals surface area contributed by atoms with Crippen LogP contribution in [0.25, 0.3) is 11.3 Å². The van der Waals surface area contributed by atoms with Crippen LogP contribution in [0.2, 0.25) is 0 Å². The van der Waals surface area contributed by atoms with Crippen molar-refractivity contribution in [3.05, 3.63) is 69.2 Å². The largest absolute Gasteiger partial charge is 0.347 e. The number of amides is 1. The Kier molecular flexibility index (Phi) is 4.60. The van der Waals surface area contributed by atoms with Crippen LogP contribution >= 0.6 is 27.3 Å². The highest BCUT2D eigenvalue weighted by molar-refractivity contribution is 9.11. The lowest BCUT2D eigenvalue weighted by Gasteiger charge is -2.05. The van der Waals surface area contributed by atoms with Crippen LogP contribution in [-0.4, -0.2) is 15.9 Å². The molecule has 0 bridgehead atoms. The van der Waals surface area contributed by atoms with Crippen molar-refractivity contribution < 1.29 is 4.79 Å². The van der Waals surface area contributed by atoms with Crippen LogP contribution in [0.15, 0.2) is 58.8 Å². The average Bonchev–Trinajstić information content (AvgIpc) is 2.96. The number of hydrogen-bond acceptors (Lipinski definition) is 4. The van der Waals surface area contributed by atoms with E-state index >= 15 is 0 Å². The molecule has 0 aliphatic rings. The molecule has 0 unspecified atom stereocenters. The number of carbonyl (C=O) groups is 1. The van der Waals surface area contributed by atoms with Gasteiger partial charge in [0.05, 0.1) is 5.69 Å². The Morgan fingerprint density at radius 1 is 1.18 bits per heavy atom. The number of benzene rings is 1. The summed E-state index contributed by atoms with van der Waals surface area (Å²) < 4.78 is 0.692. The van der Waals surface area contributed by atoms with Crippen LogP contribution in [0, 0.1) is 0 Å². The van der Waals surface area contributed by atoms with Crippen molar-refractivity contribution in [2.75, 3.05) is 0 Å². The second kappa shape index (κ2) is 6.81. The molecule has 0 atom stereocenters. The second-order valence-corrected chi connectivity index (χ2v) is 6.83. The SMILES string of the molecule is O=C(NCc1cccnc1)c1sc(Br)nc1-c1ccccc1. The van der Waals surface area contributed by atoms with Gasteiger partial charge in [-0.1, -0.05) is 36.4 Å². The highest BCUT2D eigenvalue weighted by Crippen LogP contribution is 2.30. The first kappa shape index (κ1) is 14.9. The van der Waals surface area contributed by atoms with Gasteiger partial charge in [0, 0.05) is 24.5 Å². The van der Waals surface area contributed by atoms with Crippen LogP contribution in [0.4, 0.5) is 0 Å². The zero-order valence-electron chi connectivity index (χ0n) is 11.5. The van der Waals surface area contributed by atoms with E-state index < -0.39 is 0 Å². The van der Waals surface area contributed by atoms with Gasteiger partial charge >= 0.3 is 0 Å². The molecule has 1 aromatic carbocycles. The Labute approximate surface area is 140 Å². The summed E-state index contributed by atoms with van der Waals surface area (Å²) >= 11 is 4.69. The molecule has 3 aromatic rings. The normalized spacial score (nSPS) is 10.4. The number of carbonyl (C=O) groups excluding carboxylic acids is 1. The van der Waals surface area contributed by atoms with E-state index in [9.17, 15) is 4.79 Å². The third-order valence-electron chi connectivity index (χ3n) is 3.03. The average molecular weight is 374 g/mol. The standard InChI is InChI=1S/C16H12BrN3OS/c17-16-20-13(12-6-2-1-3-7-12)14(22-16)15(21)19-10-11-5-4-8-18-9-11/h1-9H,10H2,(H,19,21). The van der Waals surface area contributed by atoms with Crippen molar-refractivity contribution >= 4 is 33.2 Å². The molecule has 22 heavy (non-hydrogen) atoms. The zero-order valence-corrected chi connectivity index (χ0v) is 13.9. The first-order valence-corrected chi connectivity index (χ1v) is 8.24. The van der Waals surface area contributed by atoms with Crippen molar-refractivity contribution in [3.8, 4) is 11.3 Å². The maximum absolute atomic E-state index is 12.4. The summed E-state index contributed by atoms with van der Waals surface area (Å²) in [4.78, 5) is 21.5. The van der Waals surface area contributed by atoms with Gasteiger partial charge in [0.1, 0.15) is 4.88 Å². The zero-order chi connectivity index (χ0) is 15.4. The number of nitrogens with zero attached hydrogens (tertiary/aromatic N) is 2. The van der Waals surface area contributed by atoms with Gasteiger partial charge in [0.15, 0.2) is 3.92 Å². The molecule has 1 N–H and O–H groups in total. The molecule has 2 aromatic heterocycles. The molecule has 3 rings (SSSR count). The van der Waals surface area contributed by atoms with Crippen LogP contribution in [0.5, 0.6) is 0 Å². The third kappa shape index (κ3) is 3.40. The van der Waals surface area contributed by atoms with E-state index in [-0.39, 0.29) is 5.91 Å². The van der Waals surface area contributed by atoms with Crippen LogP contribution in [0.1, 0.15) is 15.2 Å². The van der Waals surface area contributed by atoms with E-state index in [4.69, 9.17) is 0 Å². The number of nitrogens with one attached hydrogen (secondary N) is 1. The number of rotatable bonds is 4. The number of halogens is 1. The fourth-order valence-corrected chi connectivity index (χ4v) is 3.40. The smallest absolute Gasteiger partial charge is 0.263 e. The number of thiazole rings is 1. The van der Waals surface area contributed by atoms with Gasteiger partial charge in [0.2, 0.25) is 0 Å². The minimum atomic E-state index is -0.133. The first-order valence-electron chi connectivity index (χ1n) is 6.63. The molecule has 6 heteroatoms. The van der Waals surface area contributed by atoms with E-state index in [2.05, 4.69) is 31.2 Å². The molecular formula is C16H12BrN3OS. The highest BCUT2D eigenvalue weighted by atomic mass is 79.9. The Hall–Kier alpha value is -2.05. The molecular weight excluding hydrogens is 362 g/mol. The lowest BCUT2D eigenvalue weighted by Crippen LogP contribution is -2.22. The molecule has 4 nitrogen and oxygen atoms in total. The van der Waals surface area contributed by atoms with Gasteiger partial charge in [-0.2, -0.15) is 0 Å². The Balaban J connectivity index is 1.81. The van der Waals surface area contributed by atoms with Crippen LogP contribution in [0.3, 0.4) is 0 Å². The van der Waals surface area contributed by atoms with E-state index in [1.54, 1.807) is 12.4 Å². The molecule has 0 saturated carbocycles. The van der Waals surface area contributed by atoms with Gasteiger partial charge in [-0.3, -0.25) is 9.78 Å². The first-order chi connectivity index (χ1) is 10.7. The molecule has 110 valence electrons.